The molecule has 1 aliphatic rings. The summed E-state index contributed by atoms with van der Waals surface area (Å²) in [5.74, 6) is 0.279. The summed E-state index contributed by atoms with van der Waals surface area (Å²) < 4.78 is 0. The second kappa shape index (κ2) is 9.07. The van der Waals surface area contributed by atoms with Gasteiger partial charge in [-0.1, -0.05) is 133 Å². The first-order chi connectivity index (χ1) is 18.3. The average molecular weight is 493 g/mol. The van der Waals surface area contributed by atoms with Crippen molar-refractivity contribution in [2.75, 3.05) is 0 Å². The fourth-order valence-electron chi connectivity index (χ4n) is 6.20. The minimum atomic E-state index is 0.121. The lowest BCUT2D eigenvalue weighted by molar-refractivity contribution is 0.830. The molecule has 0 aromatic heterocycles. The first-order valence-electron chi connectivity index (χ1n) is 12.8. The van der Waals surface area contributed by atoms with Gasteiger partial charge >= 0.3 is 0 Å². The molecule has 2 atom stereocenters. The van der Waals surface area contributed by atoms with Gasteiger partial charge in [0.1, 0.15) is 0 Å². The van der Waals surface area contributed by atoms with Crippen molar-refractivity contribution in [1.82, 2.24) is 0 Å². The monoisotopic (exact) mass is 492 g/mol. The maximum atomic E-state index is 6.34. The molecular weight excluding hydrogens is 468 g/mol. The van der Waals surface area contributed by atoms with Crippen LogP contribution in [-0.2, 0) is 0 Å². The van der Waals surface area contributed by atoms with Crippen LogP contribution in [0.5, 0.6) is 0 Å². The molecule has 37 heavy (non-hydrogen) atoms. The van der Waals surface area contributed by atoms with Gasteiger partial charge in [0.2, 0.25) is 0 Å². The van der Waals surface area contributed by atoms with Crippen molar-refractivity contribution in [1.29, 1.82) is 0 Å². The van der Waals surface area contributed by atoms with Crippen molar-refractivity contribution in [2.24, 2.45) is 0 Å². The van der Waals surface area contributed by atoms with Crippen LogP contribution < -0.4 is 0 Å². The molecule has 176 valence electrons. The molecule has 0 radical (unpaired) electrons. The van der Waals surface area contributed by atoms with Crippen LogP contribution >= 0.6 is 11.6 Å². The van der Waals surface area contributed by atoms with Crippen LogP contribution in [0.1, 0.15) is 45.2 Å². The molecule has 0 saturated carbocycles. The van der Waals surface area contributed by atoms with Crippen LogP contribution in [0.4, 0.5) is 0 Å². The summed E-state index contributed by atoms with van der Waals surface area (Å²) >= 11 is 6.34. The average Bonchev–Trinajstić information content (AvgIpc) is 2.97. The van der Waals surface area contributed by atoms with E-state index in [4.69, 9.17) is 11.6 Å². The Hall–Kier alpha value is -4.13. The third kappa shape index (κ3) is 3.68. The largest absolute Gasteiger partial charge is 0.0843 e. The van der Waals surface area contributed by atoms with Gasteiger partial charge in [-0.2, -0.15) is 0 Å². The fourth-order valence-corrected chi connectivity index (χ4v) is 6.33. The molecule has 2 unspecified atom stereocenters. The summed E-state index contributed by atoms with van der Waals surface area (Å²) in [5, 5.41) is 3.38. The van der Waals surface area contributed by atoms with E-state index in [0.717, 1.165) is 5.02 Å². The molecule has 0 amide bonds. The molecule has 0 fully saturated rings. The number of benzene rings is 6. The number of halogens is 1. The number of rotatable bonds is 3. The molecule has 0 N–H and O–H groups in total. The predicted molar refractivity (Wildman–Crippen MR) is 156 cm³/mol. The van der Waals surface area contributed by atoms with E-state index in [1.807, 2.05) is 12.1 Å². The van der Waals surface area contributed by atoms with E-state index in [0.29, 0.717) is 0 Å². The zero-order valence-electron chi connectivity index (χ0n) is 20.3. The Morgan fingerprint density at radius 1 is 0.432 bits per heavy atom. The Balaban J connectivity index is 1.63. The first kappa shape index (κ1) is 22.1. The molecule has 0 saturated heterocycles. The minimum Gasteiger partial charge on any atom is -0.0843 e. The summed E-state index contributed by atoms with van der Waals surface area (Å²) in [6, 6.07) is 50.5. The zero-order valence-corrected chi connectivity index (χ0v) is 21.1. The molecule has 0 spiro atoms. The second-order valence-electron chi connectivity index (χ2n) is 9.80. The highest BCUT2D eigenvalue weighted by atomic mass is 35.5. The van der Waals surface area contributed by atoms with E-state index in [1.165, 1.54) is 55.3 Å². The lowest BCUT2D eigenvalue weighted by atomic mass is 9.66. The van der Waals surface area contributed by atoms with Gasteiger partial charge in [-0.25, -0.2) is 0 Å². The molecule has 7 rings (SSSR count). The zero-order chi connectivity index (χ0) is 24.8. The topological polar surface area (TPSA) is 0 Å². The standard InChI is InChI=1S/C36H25Cl/c37-27-21-19-26(20-22-27)34-30-17-9-10-18-31(30)35(25-13-5-2-6-14-25)36-29-16-8-7-15-28(29)32(23-33(34)36)24-11-3-1-4-12-24/h1-23,34-35H. The van der Waals surface area contributed by atoms with Crippen LogP contribution in [0.3, 0.4) is 0 Å². The quantitative estimate of drug-likeness (QED) is 0.230. The van der Waals surface area contributed by atoms with Crippen molar-refractivity contribution < 1.29 is 0 Å². The van der Waals surface area contributed by atoms with E-state index in [9.17, 15) is 0 Å². The van der Waals surface area contributed by atoms with Gasteiger partial charge in [0, 0.05) is 16.9 Å². The maximum absolute atomic E-state index is 6.34. The molecule has 0 aliphatic heterocycles. The van der Waals surface area contributed by atoms with E-state index >= 15 is 0 Å². The van der Waals surface area contributed by atoms with E-state index < -0.39 is 0 Å². The molecule has 6 aromatic carbocycles. The van der Waals surface area contributed by atoms with E-state index in [-0.39, 0.29) is 11.8 Å². The Bertz CT molecular complexity index is 1720. The summed E-state index contributed by atoms with van der Waals surface area (Å²) in [6.45, 7) is 0. The van der Waals surface area contributed by atoms with Crippen molar-refractivity contribution in [3.05, 3.63) is 178 Å². The van der Waals surface area contributed by atoms with Gasteiger partial charge < -0.3 is 0 Å². The maximum Gasteiger partial charge on any atom is 0.0406 e. The molecule has 0 heterocycles. The summed E-state index contributed by atoms with van der Waals surface area (Å²) in [6.07, 6.45) is 0. The molecular formula is C36H25Cl. The molecule has 1 aliphatic carbocycles. The SMILES string of the molecule is Clc1ccc(C2c3ccccc3C(c3ccccc3)c3c2cc(-c2ccccc2)c2ccccc32)cc1. The molecule has 6 aromatic rings. The Kier molecular flexibility index (Phi) is 5.42. The number of fused-ring (bicyclic) bond motifs is 4. The van der Waals surface area contributed by atoms with Crippen molar-refractivity contribution >= 4 is 22.4 Å². The van der Waals surface area contributed by atoms with Crippen molar-refractivity contribution in [3.8, 4) is 11.1 Å². The smallest absolute Gasteiger partial charge is 0.0406 e. The number of hydrogen-bond acceptors (Lipinski definition) is 0. The Morgan fingerprint density at radius 2 is 0.973 bits per heavy atom. The highest BCUT2D eigenvalue weighted by Gasteiger charge is 2.35. The van der Waals surface area contributed by atoms with Crippen LogP contribution in [-0.4, -0.2) is 0 Å². The Morgan fingerprint density at radius 3 is 1.68 bits per heavy atom. The lowest BCUT2D eigenvalue weighted by Crippen LogP contribution is -2.20. The minimum absolute atomic E-state index is 0.121. The van der Waals surface area contributed by atoms with Gasteiger partial charge in [-0.15, -0.1) is 0 Å². The molecule has 0 nitrogen and oxygen atoms in total. The number of hydrogen-bond donors (Lipinski definition) is 0. The lowest BCUT2D eigenvalue weighted by Gasteiger charge is -2.36. The summed E-state index contributed by atoms with van der Waals surface area (Å²) in [5.41, 5.74) is 10.6. The molecule has 1 heteroatoms. The van der Waals surface area contributed by atoms with Crippen LogP contribution in [0, 0.1) is 0 Å². The highest BCUT2D eigenvalue weighted by molar-refractivity contribution is 6.30. The van der Waals surface area contributed by atoms with Crippen molar-refractivity contribution in [3.63, 3.8) is 0 Å². The van der Waals surface area contributed by atoms with Gasteiger partial charge in [-0.05, 0) is 73.5 Å². The fraction of sp³-hybridized carbons (Fsp3) is 0.0556. The predicted octanol–water partition coefficient (Wildman–Crippen LogP) is 9.83. The van der Waals surface area contributed by atoms with Crippen LogP contribution in [0.2, 0.25) is 5.02 Å². The highest BCUT2D eigenvalue weighted by Crippen LogP contribution is 2.52. The van der Waals surface area contributed by atoms with Crippen molar-refractivity contribution in [2.45, 2.75) is 11.8 Å². The van der Waals surface area contributed by atoms with E-state index in [1.54, 1.807) is 0 Å². The van der Waals surface area contributed by atoms with Gasteiger partial charge in [0.05, 0.1) is 0 Å². The van der Waals surface area contributed by atoms with Crippen LogP contribution in [0.25, 0.3) is 21.9 Å². The normalized spacial score (nSPS) is 16.2. The van der Waals surface area contributed by atoms with Gasteiger partial charge in [0.15, 0.2) is 0 Å². The van der Waals surface area contributed by atoms with Crippen LogP contribution in [0.15, 0.2) is 140 Å². The second-order valence-corrected chi connectivity index (χ2v) is 10.2. The van der Waals surface area contributed by atoms with Gasteiger partial charge in [-0.3, -0.25) is 0 Å². The third-order valence-corrected chi connectivity index (χ3v) is 8.01. The first-order valence-corrected chi connectivity index (χ1v) is 13.2. The molecule has 0 bridgehead atoms. The van der Waals surface area contributed by atoms with E-state index in [2.05, 4.69) is 127 Å². The Labute approximate surface area is 222 Å². The van der Waals surface area contributed by atoms with Gasteiger partial charge in [0.25, 0.3) is 0 Å². The summed E-state index contributed by atoms with van der Waals surface area (Å²) in [7, 11) is 0. The summed E-state index contributed by atoms with van der Waals surface area (Å²) in [4.78, 5) is 0. The third-order valence-electron chi connectivity index (χ3n) is 7.76.